The highest BCUT2D eigenvalue weighted by molar-refractivity contribution is 4.70. The Kier molecular flexibility index (Phi) is 8.15. The molecule has 5 nitrogen and oxygen atoms in total. The van der Waals surface area contributed by atoms with Crippen molar-refractivity contribution in [3.8, 4) is 6.07 Å². The van der Waals surface area contributed by atoms with E-state index in [2.05, 4.69) is 22.4 Å². The first-order chi connectivity index (χ1) is 6.35. The second kappa shape index (κ2) is 8.94. The lowest BCUT2D eigenvalue weighted by atomic mass is 10.2. The van der Waals surface area contributed by atoms with Gasteiger partial charge in [0.2, 0.25) is 0 Å². The van der Waals surface area contributed by atoms with Crippen LogP contribution in [0.25, 0.3) is 0 Å². The first-order valence-electron chi connectivity index (χ1n) is 4.44. The number of nitriles is 1. The van der Waals surface area contributed by atoms with Crippen LogP contribution in [0.2, 0.25) is 0 Å². The Hall–Kier alpha value is -1.15. The summed E-state index contributed by atoms with van der Waals surface area (Å²) in [6, 6.07) is 1.99. The number of rotatable bonds is 8. The molecule has 1 unspecified atom stereocenters. The number of nitrogens with one attached hydrogen (secondary N) is 1. The molecule has 13 heavy (non-hydrogen) atoms. The molecule has 0 aromatic heterocycles. The van der Waals surface area contributed by atoms with Gasteiger partial charge >= 0.3 is 0 Å². The van der Waals surface area contributed by atoms with E-state index >= 15 is 0 Å². The Morgan fingerprint density at radius 2 is 2.46 bits per heavy atom. The summed E-state index contributed by atoms with van der Waals surface area (Å²) in [5.74, 6) is 0. The van der Waals surface area contributed by atoms with E-state index in [4.69, 9.17) is 5.26 Å². The van der Waals surface area contributed by atoms with E-state index in [0.29, 0.717) is 13.0 Å². The predicted molar refractivity (Wildman–Crippen MR) is 48.4 cm³/mol. The molecule has 1 N–H and O–H groups in total. The highest BCUT2D eigenvalue weighted by Gasteiger charge is 2.07. The average molecular weight is 185 g/mol. The van der Waals surface area contributed by atoms with Gasteiger partial charge in [0, 0.05) is 19.4 Å². The van der Waals surface area contributed by atoms with Crippen LogP contribution >= 0.6 is 0 Å². The largest absolute Gasteiger partial charge is 0.345 e. The Balaban J connectivity index is 3.54. The molecule has 0 aliphatic carbocycles. The van der Waals surface area contributed by atoms with Crippen molar-refractivity contribution in [2.75, 3.05) is 6.54 Å². The van der Waals surface area contributed by atoms with Crippen LogP contribution in [-0.2, 0) is 4.84 Å². The lowest BCUT2D eigenvalue weighted by molar-refractivity contribution is 0.0243. The second-order valence-electron chi connectivity index (χ2n) is 2.67. The van der Waals surface area contributed by atoms with Crippen molar-refractivity contribution in [3.63, 3.8) is 0 Å². The Morgan fingerprint density at radius 1 is 1.69 bits per heavy atom. The molecule has 0 radical (unpaired) electrons. The molecule has 1 atom stereocenters. The Morgan fingerprint density at radius 3 is 3.00 bits per heavy atom. The standard InChI is InChI=1S/C8H15N3O2/c1-2-3-5-8(13-11-12)10-7-4-6-9/h8,10H,2-5,7H2,1H3. The SMILES string of the molecule is CCCCC(NCCC#N)ON=O. The molecule has 0 aliphatic rings. The van der Waals surface area contributed by atoms with Crippen molar-refractivity contribution in [3.05, 3.63) is 4.91 Å². The van der Waals surface area contributed by atoms with E-state index in [1.807, 2.05) is 6.07 Å². The van der Waals surface area contributed by atoms with E-state index in [9.17, 15) is 4.91 Å². The van der Waals surface area contributed by atoms with Gasteiger partial charge in [0.15, 0.2) is 11.6 Å². The molecule has 0 bridgehead atoms. The summed E-state index contributed by atoms with van der Waals surface area (Å²) in [4.78, 5) is 14.4. The molecule has 0 rings (SSSR count). The van der Waals surface area contributed by atoms with Crippen LogP contribution in [0.15, 0.2) is 5.34 Å². The van der Waals surface area contributed by atoms with Gasteiger partial charge in [-0.25, -0.2) is 0 Å². The van der Waals surface area contributed by atoms with Crippen LogP contribution in [0.5, 0.6) is 0 Å². The van der Waals surface area contributed by atoms with Gasteiger partial charge in [0.1, 0.15) is 0 Å². The minimum atomic E-state index is -0.342. The van der Waals surface area contributed by atoms with E-state index in [1.165, 1.54) is 0 Å². The quantitative estimate of drug-likeness (QED) is 0.270. The van der Waals surface area contributed by atoms with Crippen LogP contribution in [0, 0.1) is 16.2 Å². The van der Waals surface area contributed by atoms with Gasteiger partial charge < -0.3 is 4.84 Å². The minimum absolute atomic E-state index is 0.342. The summed E-state index contributed by atoms with van der Waals surface area (Å²) in [6.07, 6.45) is 2.82. The van der Waals surface area contributed by atoms with Crippen molar-refractivity contribution < 1.29 is 4.84 Å². The zero-order chi connectivity index (χ0) is 9.94. The molecule has 5 heteroatoms. The first kappa shape index (κ1) is 11.8. The second-order valence-corrected chi connectivity index (χ2v) is 2.67. The van der Waals surface area contributed by atoms with Crippen LogP contribution in [0.4, 0.5) is 0 Å². The first-order valence-corrected chi connectivity index (χ1v) is 4.44. The van der Waals surface area contributed by atoms with Crippen molar-refractivity contribution in [1.29, 1.82) is 5.26 Å². The van der Waals surface area contributed by atoms with Gasteiger partial charge in [-0.3, -0.25) is 5.32 Å². The molecule has 0 heterocycles. The van der Waals surface area contributed by atoms with E-state index in [0.717, 1.165) is 19.3 Å². The Labute approximate surface area is 78.0 Å². The normalized spacial score (nSPS) is 11.7. The summed E-state index contributed by atoms with van der Waals surface area (Å²) in [5.41, 5.74) is 0. The number of nitrogens with zero attached hydrogens (tertiary/aromatic N) is 2. The van der Waals surface area contributed by atoms with Gasteiger partial charge in [0.25, 0.3) is 0 Å². The maximum Gasteiger partial charge on any atom is 0.182 e. The summed E-state index contributed by atoms with van der Waals surface area (Å²) in [6.45, 7) is 2.58. The van der Waals surface area contributed by atoms with Gasteiger partial charge in [-0.1, -0.05) is 13.3 Å². The summed E-state index contributed by atoms with van der Waals surface area (Å²) >= 11 is 0. The number of hydrogen-bond donors (Lipinski definition) is 1. The van der Waals surface area contributed by atoms with E-state index in [1.54, 1.807) is 0 Å². The number of unbranched alkanes of at least 4 members (excludes halogenated alkanes) is 1. The molecule has 0 amide bonds. The molecule has 74 valence electrons. The van der Waals surface area contributed by atoms with Crippen molar-refractivity contribution in [1.82, 2.24) is 5.32 Å². The predicted octanol–water partition coefficient (Wildman–Crippen LogP) is 1.70. The third-order valence-electron chi connectivity index (χ3n) is 1.60. The molecule has 0 fully saturated rings. The highest BCUT2D eigenvalue weighted by atomic mass is 16.7. The fourth-order valence-electron chi connectivity index (χ4n) is 0.923. The molecular formula is C8H15N3O2. The minimum Gasteiger partial charge on any atom is -0.345 e. The molecule has 0 saturated heterocycles. The van der Waals surface area contributed by atoms with Crippen LogP contribution in [-0.4, -0.2) is 12.8 Å². The van der Waals surface area contributed by atoms with Crippen molar-refractivity contribution >= 4 is 0 Å². The molecule has 0 aliphatic heterocycles. The molecule has 0 spiro atoms. The average Bonchev–Trinajstić information content (AvgIpc) is 2.14. The fourth-order valence-corrected chi connectivity index (χ4v) is 0.923. The molecule has 0 aromatic carbocycles. The lowest BCUT2D eigenvalue weighted by Crippen LogP contribution is -2.31. The van der Waals surface area contributed by atoms with Crippen LogP contribution in [0.1, 0.15) is 32.6 Å². The fraction of sp³-hybridized carbons (Fsp3) is 0.875. The summed E-state index contributed by atoms with van der Waals surface area (Å²) < 4.78 is 0. The maximum absolute atomic E-state index is 9.83. The van der Waals surface area contributed by atoms with Crippen molar-refractivity contribution in [2.45, 2.75) is 38.8 Å². The molecule has 0 saturated carbocycles. The smallest absolute Gasteiger partial charge is 0.182 e. The zero-order valence-electron chi connectivity index (χ0n) is 7.82. The monoisotopic (exact) mass is 185 g/mol. The van der Waals surface area contributed by atoms with Crippen LogP contribution in [0.3, 0.4) is 0 Å². The van der Waals surface area contributed by atoms with Gasteiger partial charge in [0.05, 0.1) is 6.07 Å². The topological polar surface area (TPSA) is 74.5 Å². The van der Waals surface area contributed by atoms with Crippen LogP contribution < -0.4 is 5.32 Å². The van der Waals surface area contributed by atoms with Gasteiger partial charge in [-0.15, -0.1) is 4.91 Å². The maximum atomic E-state index is 9.83. The molecular weight excluding hydrogens is 170 g/mol. The lowest BCUT2D eigenvalue weighted by Gasteiger charge is -2.12. The molecule has 0 aromatic rings. The zero-order valence-corrected chi connectivity index (χ0v) is 7.82. The summed E-state index contributed by atoms with van der Waals surface area (Å²) in [7, 11) is 0. The van der Waals surface area contributed by atoms with Gasteiger partial charge in [-0.05, 0) is 6.42 Å². The van der Waals surface area contributed by atoms with Gasteiger partial charge in [-0.2, -0.15) is 5.26 Å². The third-order valence-corrected chi connectivity index (χ3v) is 1.60. The summed E-state index contributed by atoms with van der Waals surface area (Å²) in [5, 5.41) is 13.6. The van der Waals surface area contributed by atoms with E-state index in [-0.39, 0.29) is 6.23 Å². The highest BCUT2D eigenvalue weighted by Crippen LogP contribution is 2.02. The number of hydrogen-bond acceptors (Lipinski definition) is 5. The van der Waals surface area contributed by atoms with Crippen molar-refractivity contribution in [2.24, 2.45) is 5.34 Å². The Bertz CT molecular complexity index is 167. The van der Waals surface area contributed by atoms with E-state index < -0.39 is 0 Å². The third kappa shape index (κ3) is 7.22.